The number of nitrogens with zero attached hydrogens (tertiary/aromatic N) is 1. The molecule has 0 spiro atoms. The lowest BCUT2D eigenvalue weighted by molar-refractivity contribution is 0.110. The third kappa shape index (κ3) is 2.52. The Kier molecular flexibility index (Phi) is 3.77. The number of benzene rings is 1. The van der Waals surface area contributed by atoms with E-state index in [4.69, 9.17) is 0 Å². The van der Waals surface area contributed by atoms with Crippen molar-refractivity contribution in [3.8, 4) is 5.75 Å². The maximum atomic E-state index is 9.48. The van der Waals surface area contributed by atoms with Crippen LogP contribution in [0.5, 0.6) is 5.75 Å². The number of aliphatic hydroxyl groups is 1. The van der Waals surface area contributed by atoms with Crippen LogP contribution < -0.4 is 5.32 Å². The van der Waals surface area contributed by atoms with Gasteiger partial charge in [0.25, 0.3) is 0 Å². The van der Waals surface area contributed by atoms with Crippen molar-refractivity contribution < 1.29 is 10.2 Å². The Balaban J connectivity index is 2.14. The first-order chi connectivity index (χ1) is 7.81. The van der Waals surface area contributed by atoms with Gasteiger partial charge in [-0.3, -0.25) is 4.90 Å². The van der Waals surface area contributed by atoms with E-state index in [1.54, 1.807) is 12.1 Å². The standard InChI is InChI=1S/C12H18N2O2/c15-9-12(14-6-4-13-5-7-14)10-2-1-3-11(16)8-10/h1-3,8,12-13,15-16H,4-7,9H2/t12-/m1/s1. The van der Waals surface area contributed by atoms with E-state index < -0.39 is 0 Å². The monoisotopic (exact) mass is 222 g/mol. The summed E-state index contributed by atoms with van der Waals surface area (Å²) in [5.74, 6) is 0.256. The Morgan fingerprint density at radius 1 is 1.31 bits per heavy atom. The highest BCUT2D eigenvalue weighted by Crippen LogP contribution is 2.23. The van der Waals surface area contributed by atoms with Crippen LogP contribution in [0.15, 0.2) is 24.3 Å². The number of rotatable bonds is 3. The van der Waals surface area contributed by atoms with E-state index in [9.17, 15) is 10.2 Å². The smallest absolute Gasteiger partial charge is 0.115 e. The Morgan fingerprint density at radius 2 is 2.06 bits per heavy atom. The summed E-state index contributed by atoms with van der Waals surface area (Å²) in [6.07, 6.45) is 0. The number of aliphatic hydroxyl groups excluding tert-OH is 1. The van der Waals surface area contributed by atoms with Gasteiger partial charge in [0.15, 0.2) is 0 Å². The van der Waals surface area contributed by atoms with Crippen LogP contribution in [-0.4, -0.2) is 47.9 Å². The highest BCUT2D eigenvalue weighted by Gasteiger charge is 2.21. The predicted octanol–water partition coefficient (Wildman–Crippen LogP) is 0.331. The lowest BCUT2D eigenvalue weighted by atomic mass is 10.0. The molecule has 16 heavy (non-hydrogen) atoms. The maximum Gasteiger partial charge on any atom is 0.115 e. The van der Waals surface area contributed by atoms with Gasteiger partial charge >= 0.3 is 0 Å². The van der Waals surface area contributed by atoms with Gasteiger partial charge in [-0.05, 0) is 17.7 Å². The lowest BCUT2D eigenvalue weighted by Gasteiger charge is -2.34. The molecule has 3 N–H and O–H groups in total. The fraction of sp³-hybridized carbons (Fsp3) is 0.500. The number of phenols is 1. The van der Waals surface area contributed by atoms with Gasteiger partial charge < -0.3 is 15.5 Å². The molecule has 4 heteroatoms. The number of nitrogens with one attached hydrogen (secondary N) is 1. The molecule has 1 aliphatic heterocycles. The topological polar surface area (TPSA) is 55.7 Å². The Bertz CT molecular complexity index is 338. The average molecular weight is 222 g/mol. The summed E-state index contributed by atoms with van der Waals surface area (Å²) in [7, 11) is 0. The molecule has 0 radical (unpaired) electrons. The van der Waals surface area contributed by atoms with Crippen LogP contribution in [0, 0.1) is 0 Å². The van der Waals surface area contributed by atoms with Crippen LogP contribution in [0.2, 0.25) is 0 Å². The Labute approximate surface area is 95.5 Å². The first-order valence-electron chi connectivity index (χ1n) is 5.66. The third-order valence-corrected chi connectivity index (χ3v) is 3.02. The van der Waals surface area contributed by atoms with Gasteiger partial charge in [-0.15, -0.1) is 0 Å². The number of aromatic hydroxyl groups is 1. The van der Waals surface area contributed by atoms with Crippen molar-refractivity contribution in [3.05, 3.63) is 29.8 Å². The van der Waals surface area contributed by atoms with Crippen LogP contribution in [-0.2, 0) is 0 Å². The van der Waals surface area contributed by atoms with Gasteiger partial charge in [0.1, 0.15) is 5.75 Å². The molecular formula is C12H18N2O2. The highest BCUT2D eigenvalue weighted by atomic mass is 16.3. The first kappa shape index (κ1) is 11.4. The molecule has 0 saturated carbocycles. The summed E-state index contributed by atoms with van der Waals surface area (Å²) in [5, 5.41) is 22.2. The van der Waals surface area contributed by atoms with Gasteiger partial charge in [-0.1, -0.05) is 12.1 Å². The molecule has 1 aromatic rings. The van der Waals surface area contributed by atoms with Gasteiger partial charge in [-0.2, -0.15) is 0 Å². The number of phenolic OH excluding ortho intramolecular Hbond substituents is 1. The van der Waals surface area contributed by atoms with Crippen LogP contribution in [0.4, 0.5) is 0 Å². The van der Waals surface area contributed by atoms with Gasteiger partial charge in [-0.25, -0.2) is 0 Å². The third-order valence-electron chi connectivity index (χ3n) is 3.02. The molecule has 0 unspecified atom stereocenters. The van der Waals surface area contributed by atoms with Crippen molar-refractivity contribution in [2.45, 2.75) is 6.04 Å². The van der Waals surface area contributed by atoms with E-state index in [0.29, 0.717) is 0 Å². The highest BCUT2D eigenvalue weighted by molar-refractivity contribution is 5.29. The molecule has 2 rings (SSSR count). The first-order valence-corrected chi connectivity index (χ1v) is 5.66. The van der Waals surface area contributed by atoms with Crippen molar-refractivity contribution in [2.75, 3.05) is 32.8 Å². The normalized spacial score (nSPS) is 19.6. The summed E-state index contributed by atoms with van der Waals surface area (Å²) in [6.45, 7) is 3.86. The SMILES string of the molecule is OC[C@H](c1cccc(O)c1)N1CCNCC1. The van der Waals surface area contributed by atoms with Crippen molar-refractivity contribution in [1.82, 2.24) is 10.2 Å². The molecule has 1 aliphatic rings. The van der Waals surface area contributed by atoms with E-state index in [0.717, 1.165) is 31.7 Å². The molecule has 1 fully saturated rings. The molecule has 1 atom stereocenters. The predicted molar refractivity (Wildman–Crippen MR) is 62.4 cm³/mol. The number of piperazine rings is 1. The molecule has 0 bridgehead atoms. The van der Waals surface area contributed by atoms with Crippen molar-refractivity contribution >= 4 is 0 Å². The molecule has 0 amide bonds. The number of hydrogen-bond donors (Lipinski definition) is 3. The molecule has 0 aromatic heterocycles. The van der Waals surface area contributed by atoms with Crippen molar-refractivity contribution in [2.24, 2.45) is 0 Å². The molecule has 0 aliphatic carbocycles. The zero-order chi connectivity index (χ0) is 11.4. The van der Waals surface area contributed by atoms with Crippen LogP contribution in [0.3, 0.4) is 0 Å². The summed E-state index contributed by atoms with van der Waals surface area (Å²) in [6, 6.07) is 7.13. The minimum absolute atomic E-state index is 0.00537. The summed E-state index contributed by atoms with van der Waals surface area (Å²) >= 11 is 0. The summed E-state index contributed by atoms with van der Waals surface area (Å²) < 4.78 is 0. The molecule has 1 heterocycles. The molecule has 1 saturated heterocycles. The lowest BCUT2D eigenvalue weighted by Crippen LogP contribution is -2.46. The van der Waals surface area contributed by atoms with Crippen molar-refractivity contribution in [1.29, 1.82) is 0 Å². The van der Waals surface area contributed by atoms with Gasteiger partial charge in [0.05, 0.1) is 12.6 Å². The van der Waals surface area contributed by atoms with Crippen molar-refractivity contribution in [3.63, 3.8) is 0 Å². The largest absolute Gasteiger partial charge is 0.508 e. The van der Waals surface area contributed by atoms with E-state index >= 15 is 0 Å². The second-order valence-corrected chi connectivity index (χ2v) is 4.08. The molecule has 4 nitrogen and oxygen atoms in total. The van der Waals surface area contributed by atoms with Gasteiger partial charge in [0.2, 0.25) is 0 Å². The zero-order valence-electron chi connectivity index (χ0n) is 9.26. The quantitative estimate of drug-likeness (QED) is 0.690. The van der Waals surface area contributed by atoms with Crippen LogP contribution >= 0.6 is 0 Å². The average Bonchev–Trinajstić information content (AvgIpc) is 2.31. The Hall–Kier alpha value is -1.10. The fourth-order valence-corrected chi connectivity index (χ4v) is 2.16. The van der Waals surface area contributed by atoms with E-state index in [-0.39, 0.29) is 18.4 Å². The fourth-order valence-electron chi connectivity index (χ4n) is 2.16. The molecule has 1 aromatic carbocycles. The van der Waals surface area contributed by atoms with Gasteiger partial charge in [0, 0.05) is 26.2 Å². The second kappa shape index (κ2) is 5.30. The minimum Gasteiger partial charge on any atom is -0.508 e. The molecule has 88 valence electrons. The Morgan fingerprint density at radius 3 is 2.69 bits per heavy atom. The minimum atomic E-state index is -0.00537. The maximum absolute atomic E-state index is 9.48. The van der Waals surface area contributed by atoms with E-state index in [2.05, 4.69) is 10.2 Å². The van der Waals surface area contributed by atoms with Crippen LogP contribution in [0.25, 0.3) is 0 Å². The van der Waals surface area contributed by atoms with E-state index in [1.165, 1.54) is 0 Å². The zero-order valence-corrected chi connectivity index (χ0v) is 9.26. The summed E-state index contributed by atoms with van der Waals surface area (Å²) in [5.41, 5.74) is 0.976. The van der Waals surface area contributed by atoms with E-state index in [1.807, 2.05) is 12.1 Å². The molecular weight excluding hydrogens is 204 g/mol. The van der Waals surface area contributed by atoms with Crippen LogP contribution in [0.1, 0.15) is 11.6 Å². The second-order valence-electron chi connectivity index (χ2n) is 4.08. The number of hydrogen-bond acceptors (Lipinski definition) is 4. The summed E-state index contributed by atoms with van der Waals surface area (Å²) in [4.78, 5) is 2.24.